The van der Waals surface area contributed by atoms with Crippen LogP contribution in [0.5, 0.6) is 0 Å². The van der Waals surface area contributed by atoms with Crippen LogP contribution >= 0.6 is 23.5 Å². The molecular weight excluding hydrogens is 431 g/mol. The number of rotatable bonds is 10. The molecule has 0 fully saturated rings. The first kappa shape index (κ1) is 23.1. The van der Waals surface area contributed by atoms with Crippen molar-refractivity contribution in [3.05, 3.63) is 83.5 Å². The van der Waals surface area contributed by atoms with E-state index in [-0.39, 0.29) is 17.5 Å². The van der Waals surface area contributed by atoms with Gasteiger partial charge >= 0.3 is 0 Å². The summed E-state index contributed by atoms with van der Waals surface area (Å²) < 4.78 is 15.0. The monoisotopic (exact) mass is 456 g/mol. The number of nitrogens with zero attached hydrogens (tertiary/aromatic N) is 3. The third kappa shape index (κ3) is 6.45. The Bertz CT molecular complexity index is 1050. The average Bonchev–Trinajstić information content (AvgIpc) is 3.13. The topological polar surface area (TPSA) is 59.8 Å². The summed E-state index contributed by atoms with van der Waals surface area (Å²) >= 11 is 3.03. The largest absolute Gasteiger partial charge is 0.325 e. The Balaban J connectivity index is 1.57. The van der Waals surface area contributed by atoms with Crippen LogP contribution in [0.2, 0.25) is 0 Å². The number of carbonyl (C=O) groups is 1. The highest BCUT2D eigenvalue weighted by molar-refractivity contribution is 7.99. The molecular formula is C23H25FN4OS2. The Labute approximate surface area is 190 Å². The van der Waals surface area contributed by atoms with E-state index in [1.165, 1.54) is 23.9 Å². The zero-order chi connectivity index (χ0) is 22.2. The number of aryl methyl sites for hydroxylation is 1. The van der Waals surface area contributed by atoms with Gasteiger partial charge in [-0.1, -0.05) is 42.1 Å². The summed E-state index contributed by atoms with van der Waals surface area (Å²) in [6.45, 7) is 8.40. The first-order chi connectivity index (χ1) is 15.0. The molecule has 0 aliphatic carbocycles. The van der Waals surface area contributed by atoms with Gasteiger partial charge in [0.05, 0.1) is 11.5 Å². The van der Waals surface area contributed by atoms with Gasteiger partial charge in [-0.15, -0.1) is 28.5 Å². The molecule has 1 amide bonds. The van der Waals surface area contributed by atoms with E-state index in [1.54, 1.807) is 30.0 Å². The fraction of sp³-hybridized carbons (Fsp3) is 0.261. The minimum absolute atomic E-state index is 0.0842. The van der Waals surface area contributed by atoms with Gasteiger partial charge in [0.15, 0.2) is 5.16 Å². The van der Waals surface area contributed by atoms with Gasteiger partial charge in [-0.2, -0.15) is 0 Å². The number of hydrogen-bond donors (Lipinski definition) is 1. The minimum Gasteiger partial charge on any atom is -0.325 e. The Hall–Kier alpha value is -2.58. The third-order valence-electron chi connectivity index (χ3n) is 4.73. The molecule has 2 aromatic carbocycles. The van der Waals surface area contributed by atoms with E-state index in [0.717, 1.165) is 34.0 Å². The fourth-order valence-corrected chi connectivity index (χ4v) is 4.58. The second kappa shape index (κ2) is 11.2. The third-order valence-corrected chi connectivity index (χ3v) is 6.70. The molecule has 3 aromatic rings. The highest BCUT2D eigenvalue weighted by atomic mass is 32.2. The molecule has 0 radical (unpaired) electrons. The molecule has 31 heavy (non-hydrogen) atoms. The molecule has 8 heteroatoms. The van der Waals surface area contributed by atoms with E-state index in [1.807, 2.05) is 36.6 Å². The van der Waals surface area contributed by atoms with Gasteiger partial charge in [0.25, 0.3) is 0 Å². The molecule has 1 heterocycles. The normalized spacial score (nSPS) is 10.8. The SMILES string of the molecule is C=CCn1c(CSCc2ccc(F)cc2)nnc1SCC(=O)Nc1cccc(C)c1C. The molecule has 1 aromatic heterocycles. The molecule has 1 N–H and O–H groups in total. The number of halogens is 1. The van der Waals surface area contributed by atoms with Crippen molar-refractivity contribution in [3.8, 4) is 0 Å². The molecule has 0 aliphatic heterocycles. The van der Waals surface area contributed by atoms with Gasteiger partial charge in [-0.25, -0.2) is 4.39 Å². The highest BCUT2D eigenvalue weighted by Gasteiger charge is 2.14. The number of anilines is 1. The number of thioether (sulfide) groups is 2. The van der Waals surface area contributed by atoms with Crippen LogP contribution in [0.3, 0.4) is 0 Å². The van der Waals surface area contributed by atoms with Crippen molar-refractivity contribution in [3.63, 3.8) is 0 Å². The van der Waals surface area contributed by atoms with Crippen LogP contribution in [0.1, 0.15) is 22.5 Å². The zero-order valence-electron chi connectivity index (χ0n) is 17.6. The van der Waals surface area contributed by atoms with Crippen LogP contribution in [0, 0.1) is 19.7 Å². The molecule has 0 saturated carbocycles. The minimum atomic E-state index is -0.234. The molecule has 0 saturated heterocycles. The number of carbonyl (C=O) groups excluding carboxylic acids is 1. The van der Waals surface area contributed by atoms with Gasteiger partial charge in [0.2, 0.25) is 5.91 Å². The first-order valence-corrected chi connectivity index (χ1v) is 12.0. The first-order valence-electron chi connectivity index (χ1n) is 9.82. The summed E-state index contributed by atoms with van der Waals surface area (Å²) in [5, 5.41) is 12.2. The standard InChI is InChI=1S/C23H25FN4OS2/c1-4-12-28-21(14-30-13-18-8-10-19(24)11-9-18)26-27-23(28)31-15-22(29)25-20-7-5-6-16(2)17(20)3/h4-11H,1,12-15H2,2-3H3,(H,25,29). The van der Waals surface area contributed by atoms with Gasteiger partial charge in [0.1, 0.15) is 11.6 Å². The average molecular weight is 457 g/mol. The lowest BCUT2D eigenvalue weighted by Crippen LogP contribution is -2.15. The van der Waals surface area contributed by atoms with E-state index in [4.69, 9.17) is 0 Å². The maximum absolute atomic E-state index is 13.0. The Morgan fingerprint density at radius 3 is 2.68 bits per heavy atom. The van der Waals surface area contributed by atoms with E-state index in [2.05, 4.69) is 22.1 Å². The summed E-state index contributed by atoms with van der Waals surface area (Å²) in [4.78, 5) is 12.4. The molecule has 0 unspecified atom stereocenters. The van der Waals surface area contributed by atoms with E-state index in [0.29, 0.717) is 17.5 Å². The zero-order valence-corrected chi connectivity index (χ0v) is 19.2. The summed E-state index contributed by atoms with van der Waals surface area (Å²) in [5.74, 6) is 2.16. The second-order valence-corrected chi connectivity index (χ2v) is 8.93. The highest BCUT2D eigenvalue weighted by Crippen LogP contribution is 2.23. The molecule has 5 nitrogen and oxygen atoms in total. The van der Waals surface area contributed by atoms with Crippen LogP contribution in [0.4, 0.5) is 10.1 Å². The fourth-order valence-electron chi connectivity index (χ4n) is 2.89. The van der Waals surface area contributed by atoms with Crippen molar-refractivity contribution in [2.24, 2.45) is 0 Å². The number of aromatic nitrogens is 3. The van der Waals surface area contributed by atoms with Crippen molar-refractivity contribution in [1.82, 2.24) is 14.8 Å². The molecule has 0 aliphatic rings. The lowest BCUT2D eigenvalue weighted by Gasteiger charge is -2.10. The van der Waals surface area contributed by atoms with Crippen molar-refractivity contribution in [1.29, 1.82) is 0 Å². The van der Waals surface area contributed by atoms with Crippen molar-refractivity contribution >= 4 is 35.1 Å². The smallest absolute Gasteiger partial charge is 0.234 e. The number of nitrogens with one attached hydrogen (secondary N) is 1. The molecule has 162 valence electrons. The van der Waals surface area contributed by atoms with Gasteiger partial charge in [-0.05, 0) is 48.7 Å². The van der Waals surface area contributed by atoms with Crippen LogP contribution in [-0.4, -0.2) is 26.4 Å². The number of allylic oxidation sites excluding steroid dienone is 1. The van der Waals surface area contributed by atoms with Crippen LogP contribution in [0.15, 0.2) is 60.3 Å². The maximum Gasteiger partial charge on any atom is 0.234 e. The summed E-state index contributed by atoms with van der Waals surface area (Å²) in [6, 6.07) is 12.4. The molecule has 3 rings (SSSR count). The lowest BCUT2D eigenvalue weighted by atomic mass is 10.1. The van der Waals surface area contributed by atoms with E-state index >= 15 is 0 Å². The van der Waals surface area contributed by atoms with Crippen LogP contribution in [0.25, 0.3) is 0 Å². The summed E-state index contributed by atoms with van der Waals surface area (Å²) in [5.41, 5.74) is 4.09. The van der Waals surface area contributed by atoms with Crippen LogP contribution < -0.4 is 5.32 Å². The molecule has 0 atom stereocenters. The second-order valence-electron chi connectivity index (χ2n) is 7.00. The number of amides is 1. The number of hydrogen-bond acceptors (Lipinski definition) is 5. The predicted molar refractivity (Wildman–Crippen MR) is 127 cm³/mol. The Kier molecular flexibility index (Phi) is 8.31. The predicted octanol–water partition coefficient (Wildman–Crippen LogP) is 5.38. The summed E-state index contributed by atoms with van der Waals surface area (Å²) in [6.07, 6.45) is 1.79. The van der Waals surface area contributed by atoms with Gasteiger partial charge in [0, 0.05) is 18.0 Å². The van der Waals surface area contributed by atoms with Crippen molar-refractivity contribution < 1.29 is 9.18 Å². The molecule has 0 bridgehead atoms. The quantitative estimate of drug-likeness (QED) is 0.328. The van der Waals surface area contributed by atoms with Crippen molar-refractivity contribution in [2.75, 3.05) is 11.1 Å². The number of benzene rings is 2. The molecule has 0 spiro atoms. The Morgan fingerprint density at radius 1 is 1.16 bits per heavy atom. The van der Waals surface area contributed by atoms with Gasteiger partial charge in [-0.3, -0.25) is 4.79 Å². The van der Waals surface area contributed by atoms with E-state index < -0.39 is 0 Å². The van der Waals surface area contributed by atoms with Crippen LogP contribution in [-0.2, 0) is 22.8 Å². The lowest BCUT2D eigenvalue weighted by molar-refractivity contribution is -0.113. The van der Waals surface area contributed by atoms with Gasteiger partial charge < -0.3 is 9.88 Å². The summed E-state index contributed by atoms with van der Waals surface area (Å²) in [7, 11) is 0. The maximum atomic E-state index is 13.0. The van der Waals surface area contributed by atoms with E-state index in [9.17, 15) is 9.18 Å². The Morgan fingerprint density at radius 2 is 1.94 bits per heavy atom. The van der Waals surface area contributed by atoms with Crippen molar-refractivity contribution in [2.45, 2.75) is 37.1 Å².